The third-order valence-electron chi connectivity index (χ3n) is 7.96. The fourth-order valence-electron chi connectivity index (χ4n) is 4.45. The second-order valence-electron chi connectivity index (χ2n) is 11.2. The molecular formula is C26H32B2O4. The van der Waals surface area contributed by atoms with Crippen LogP contribution in [0.1, 0.15) is 55.4 Å². The molecule has 0 bridgehead atoms. The number of rotatable bonds is 2. The topological polar surface area (TPSA) is 36.9 Å². The Balaban J connectivity index is 1.65. The van der Waals surface area contributed by atoms with Crippen molar-refractivity contribution in [2.45, 2.75) is 77.8 Å². The molecule has 0 saturated carbocycles. The molecule has 166 valence electrons. The maximum absolute atomic E-state index is 6.38. The van der Waals surface area contributed by atoms with Gasteiger partial charge in [-0.2, -0.15) is 0 Å². The molecule has 0 aliphatic carbocycles. The summed E-state index contributed by atoms with van der Waals surface area (Å²) in [6, 6.07) is 17.1. The van der Waals surface area contributed by atoms with Crippen LogP contribution in [0.15, 0.2) is 48.5 Å². The summed E-state index contributed by atoms with van der Waals surface area (Å²) in [5.41, 5.74) is 0.558. The molecule has 3 aromatic carbocycles. The molecule has 0 amide bonds. The van der Waals surface area contributed by atoms with Gasteiger partial charge in [-0.3, -0.25) is 0 Å². The van der Waals surface area contributed by atoms with Crippen LogP contribution in [-0.2, 0) is 18.6 Å². The number of hydrogen-bond donors (Lipinski definition) is 0. The molecule has 0 aromatic heterocycles. The zero-order valence-electron chi connectivity index (χ0n) is 20.4. The Morgan fingerprint density at radius 3 is 1.19 bits per heavy atom. The van der Waals surface area contributed by atoms with Gasteiger partial charge in [0.2, 0.25) is 0 Å². The van der Waals surface area contributed by atoms with Gasteiger partial charge < -0.3 is 18.6 Å². The SMILES string of the molecule is CC1(C)OB(c2cccc3cc4cccc(B5OC(C)(C)C(C)(C)O5)c4cc23)OC1(C)C. The van der Waals surface area contributed by atoms with Gasteiger partial charge >= 0.3 is 14.2 Å². The average molecular weight is 430 g/mol. The summed E-state index contributed by atoms with van der Waals surface area (Å²) in [4.78, 5) is 0. The van der Waals surface area contributed by atoms with E-state index >= 15 is 0 Å². The Hall–Kier alpha value is -1.85. The van der Waals surface area contributed by atoms with Crippen molar-refractivity contribution >= 4 is 46.7 Å². The van der Waals surface area contributed by atoms with Crippen molar-refractivity contribution in [3.8, 4) is 0 Å². The molecule has 2 saturated heterocycles. The summed E-state index contributed by atoms with van der Waals surface area (Å²) in [7, 11) is -0.824. The molecule has 4 nitrogen and oxygen atoms in total. The summed E-state index contributed by atoms with van der Waals surface area (Å²) in [6.07, 6.45) is 0. The van der Waals surface area contributed by atoms with Gasteiger partial charge in [-0.15, -0.1) is 0 Å². The lowest BCUT2D eigenvalue weighted by Gasteiger charge is -2.32. The first-order chi connectivity index (χ1) is 14.8. The molecule has 3 aromatic rings. The van der Waals surface area contributed by atoms with Gasteiger partial charge in [-0.1, -0.05) is 36.4 Å². The number of hydrogen-bond acceptors (Lipinski definition) is 4. The van der Waals surface area contributed by atoms with Crippen molar-refractivity contribution in [1.82, 2.24) is 0 Å². The lowest BCUT2D eigenvalue weighted by molar-refractivity contribution is 0.00578. The van der Waals surface area contributed by atoms with Crippen molar-refractivity contribution < 1.29 is 18.6 Å². The average Bonchev–Trinajstić information content (AvgIpc) is 3.04. The third kappa shape index (κ3) is 3.23. The van der Waals surface area contributed by atoms with E-state index in [1.165, 1.54) is 0 Å². The largest absolute Gasteiger partial charge is 0.495 e. The molecule has 0 radical (unpaired) electrons. The van der Waals surface area contributed by atoms with Crippen LogP contribution in [-0.4, -0.2) is 36.6 Å². The summed E-state index contributed by atoms with van der Waals surface area (Å²) in [6.45, 7) is 16.7. The predicted molar refractivity (Wildman–Crippen MR) is 133 cm³/mol. The molecule has 0 atom stereocenters. The summed E-state index contributed by atoms with van der Waals surface area (Å²) >= 11 is 0. The van der Waals surface area contributed by atoms with E-state index in [1.807, 2.05) is 0 Å². The minimum Gasteiger partial charge on any atom is -0.399 e. The molecular weight excluding hydrogens is 398 g/mol. The highest BCUT2D eigenvalue weighted by atomic mass is 16.7. The monoisotopic (exact) mass is 430 g/mol. The second kappa shape index (κ2) is 6.83. The molecule has 5 rings (SSSR count). The Kier molecular flexibility index (Phi) is 4.69. The first-order valence-electron chi connectivity index (χ1n) is 11.5. The van der Waals surface area contributed by atoms with Crippen molar-refractivity contribution in [3.05, 3.63) is 48.5 Å². The van der Waals surface area contributed by atoms with Crippen LogP contribution in [0.25, 0.3) is 21.5 Å². The van der Waals surface area contributed by atoms with Crippen LogP contribution in [0.2, 0.25) is 0 Å². The van der Waals surface area contributed by atoms with Gasteiger partial charge in [0, 0.05) is 0 Å². The fraction of sp³-hybridized carbons (Fsp3) is 0.462. The van der Waals surface area contributed by atoms with Crippen LogP contribution in [0.3, 0.4) is 0 Å². The van der Waals surface area contributed by atoms with E-state index < -0.39 is 14.2 Å². The minimum atomic E-state index is -0.412. The van der Waals surface area contributed by atoms with E-state index in [0.29, 0.717) is 0 Å². The van der Waals surface area contributed by atoms with Gasteiger partial charge in [0.15, 0.2) is 0 Å². The van der Waals surface area contributed by atoms with Crippen molar-refractivity contribution in [2.75, 3.05) is 0 Å². The summed E-state index contributed by atoms with van der Waals surface area (Å²) < 4.78 is 25.5. The van der Waals surface area contributed by atoms with E-state index in [-0.39, 0.29) is 22.4 Å². The Labute approximate surface area is 191 Å². The smallest absolute Gasteiger partial charge is 0.399 e. The van der Waals surface area contributed by atoms with Crippen LogP contribution in [0.4, 0.5) is 0 Å². The number of fused-ring (bicyclic) bond motifs is 2. The standard InChI is InChI=1S/C26H32B2O4/c1-23(2)24(3,4)30-27(29-23)21-13-9-11-17-15-18-12-10-14-22(20(18)16-19(17)21)28-31-25(5,6)26(7,8)32-28/h9-16H,1-8H3. The molecule has 2 aliphatic rings. The van der Waals surface area contributed by atoms with E-state index in [9.17, 15) is 0 Å². The Morgan fingerprint density at radius 1 is 0.500 bits per heavy atom. The normalized spacial score (nSPS) is 23.4. The van der Waals surface area contributed by atoms with Crippen molar-refractivity contribution in [3.63, 3.8) is 0 Å². The van der Waals surface area contributed by atoms with Crippen molar-refractivity contribution in [2.24, 2.45) is 0 Å². The molecule has 2 heterocycles. The first kappa shape index (κ1) is 22.0. The second-order valence-corrected chi connectivity index (χ2v) is 11.2. The fourth-order valence-corrected chi connectivity index (χ4v) is 4.45. The maximum Gasteiger partial charge on any atom is 0.495 e. The predicted octanol–water partition coefficient (Wildman–Crippen LogP) is 4.59. The Morgan fingerprint density at radius 2 is 0.844 bits per heavy atom. The molecule has 6 heteroatoms. The Bertz CT molecular complexity index is 1090. The molecule has 2 aliphatic heterocycles. The highest BCUT2D eigenvalue weighted by molar-refractivity contribution is 6.66. The van der Waals surface area contributed by atoms with E-state index in [2.05, 4.69) is 104 Å². The molecule has 0 spiro atoms. The molecule has 0 unspecified atom stereocenters. The van der Waals surface area contributed by atoms with Gasteiger partial charge in [-0.25, -0.2) is 0 Å². The third-order valence-corrected chi connectivity index (χ3v) is 7.96. The van der Waals surface area contributed by atoms with E-state index in [4.69, 9.17) is 18.6 Å². The highest BCUT2D eigenvalue weighted by Gasteiger charge is 2.53. The zero-order valence-corrected chi connectivity index (χ0v) is 20.4. The van der Waals surface area contributed by atoms with E-state index in [0.717, 1.165) is 32.5 Å². The summed E-state index contributed by atoms with van der Waals surface area (Å²) in [5, 5.41) is 4.58. The van der Waals surface area contributed by atoms with Gasteiger partial charge in [0.25, 0.3) is 0 Å². The number of benzene rings is 3. The lowest BCUT2D eigenvalue weighted by Crippen LogP contribution is -2.41. The first-order valence-corrected chi connectivity index (χ1v) is 11.5. The van der Waals surface area contributed by atoms with Crippen molar-refractivity contribution in [1.29, 1.82) is 0 Å². The molecule has 0 N–H and O–H groups in total. The van der Waals surface area contributed by atoms with Gasteiger partial charge in [0.1, 0.15) is 0 Å². The van der Waals surface area contributed by atoms with Crippen LogP contribution >= 0.6 is 0 Å². The highest BCUT2D eigenvalue weighted by Crippen LogP contribution is 2.38. The van der Waals surface area contributed by atoms with Gasteiger partial charge in [0.05, 0.1) is 22.4 Å². The van der Waals surface area contributed by atoms with Crippen LogP contribution in [0.5, 0.6) is 0 Å². The lowest BCUT2D eigenvalue weighted by atomic mass is 9.73. The van der Waals surface area contributed by atoms with E-state index in [1.54, 1.807) is 0 Å². The minimum absolute atomic E-state index is 0.384. The zero-order chi connectivity index (χ0) is 23.1. The van der Waals surface area contributed by atoms with Crippen LogP contribution < -0.4 is 10.9 Å². The quantitative estimate of drug-likeness (QED) is 0.441. The van der Waals surface area contributed by atoms with Crippen LogP contribution in [0, 0.1) is 0 Å². The summed E-state index contributed by atoms with van der Waals surface area (Å²) in [5.74, 6) is 0. The van der Waals surface area contributed by atoms with Gasteiger partial charge in [-0.05, 0) is 100.0 Å². The molecule has 32 heavy (non-hydrogen) atoms. The molecule has 2 fully saturated rings. The maximum atomic E-state index is 6.38.